The number of rotatable bonds is 5. The highest BCUT2D eigenvalue weighted by molar-refractivity contribution is 5.98. The second-order valence-corrected chi connectivity index (χ2v) is 14.0. The van der Waals surface area contributed by atoms with Crippen LogP contribution in [0.2, 0.25) is 0 Å². The molecule has 4 bridgehead atoms. The first-order valence-electron chi connectivity index (χ1n) is 16.1. The number of fused-ring (bicyclic) bond motifs is 8. The van der Waals surface area contributed by atoms with Crippen molar-refractivity contribution in [1.82, 2.24) is 19.8 Å². The minimum Gasteiger partial charge on any atom is -0.446 e. The Morgan fingerprint density at radius 1 is 0.891 bits per heavy atom. The first-order chi connectivity index (χ1) is 21.6. The predicted octanol–water partition coefficient (Wildman–Crippen LogP) is 6.12. The Bertz CT molecular complexity index is 1630. The van der Waals surface area contributed by atoms with E-state index in [1.807, 2.05) is 12.1 Å². The number of nitrogens with zero attached hydrogens (tertiary/aromatic N) is 4. The van der Waals surface area contributed by atoms with Crippen LogP contribution in [0.5, 0.6) is 5.75 Å². The zero-order chi connectivity index (χ0) is 31.8. The van der Waals surface area contributed by atoms with Gasteiger partial charge in [-0.1, -0.05) is 0 Å². The molecule has 2 atom stereocenters. The molecule has 248 valence electrons. The van der Waals surface area contributed by atoms with Gasteiger partial charge in [-0.15, -0.1) is 12.4 Å². The Morgan fingerprint density at radius 3 is 1.96 bits per heavy atom. The van der Waals surface area contributed by atoms with E-state index in [-0.39, 0.29) is 29.3 Å². The fourth-order valence-electron chi connectivity index (χ4n) is 8.02. The quantitative estimate of drug-likeness (QED) is 0.199. The van der Waals surface area contributed by atoms with Crippen molar-refractivity contribution in [2.45, 2.75) is 76.9 Å². The molecule has 6 aliphatic rings. The fourth-order valence-corrected chi connectivity index (χ4v) is 8.02. The number of ether oxygens (including phenoxy) is 1. The van der Waals surface area contributed by atoms with Crippen molar-refractivity contribution in [1.29, 1.82) is 0 Å². The molecular formula is C35H46ClN5O5. The maximum absolute atomic E-state index is 12.8. The van der Waals surface area contributed by atoms with E-state index in [0.29, 0.717) is 53.5 Å². The highest BCUT2D eigenvalue weighted by Crippen LogP contribution is 2.45. The normalized spacial score (nSPS) is 28.3. The number of nitrogens with two attached hydrogens (primary N) is 1. The maximum atomic E-state index is 12.8. The van der Waals surface area contributed by atoms with Crippen molar-refractivity contribution in [3.63, 3.8) is 0 Å². The van der Waals surface area contributed by atoms with Gasteiger partial charge in [0.15, 0.2) is 5.78 Å². The van der Waals surface area contributed by atoms with Crippen LogP contribution in [0.4, 0.5) is 0 Å². The van der Waals surface area contributed by atoms with Gasteiger partial charge in [0.1, 0.15) is 5.75 Å². The highest BCUT2D eigenvalue weighted by Gasteiger charge is 2.48. The molecule has 46 heavy (non-hydrogen) atoms. The highest BCUT2D eigenvalue weighted by atomic mass is 35.5. The zero-order valence-electron chi connectivity index (χ0n) is 27.2. The number of hydrogen-bond acceptors (Lipinski definition) is 10. The minimum absolute atomic E-state index is 0. The Labute approximate surface area is 276 Å². The first kappa shape index (κ1) is 34.0. The summed E-state index contributed by atoms with van der Waals surface area (Å²) in [6.07, 6.45) is 12.0. The van der Waals surface area contributed by atoms with Gasteiger partial charge in [0.05, 0.1) is 18.7 Å². The van der Waals surface area contributed by atoms with Gasteiger partial charge >= 0.3 is 0 Å². The number of halogens is 1. The lowest BCUT2D eigenvalue weighted by molar-refractivity contribution is -0.120. The molecule has 10 nitrogen and oxygen atoms in total. The molecule has 4 aromatic heterocycles. The number of pyridine rings is 2. The number of ketones is 1. The lowest BCUT2D eigenvalue weighted by Gasteiger charge is -2.56. The van der Waals surface area contributed by atoms with Gasteiger partial charge in [-0.25, -0.2) is 9.97 Å². The maximum Gasteiger partial charge on any atom is 0.298 e. The van der Waals surface area contributed by atoms with E-state index in [9.17, 15) is 9.59 Å². The molecule has 10 heterocycles. The summed E-state index contributed by atoms with van der Waals surface area (Å²) in [6, 6.07) is 7.60. The number of carbonyl (C=O) groups excluding carboxylic acids is 2. The third-order valence-electron chi connectivity index (χ3n) is 11.0. The van der Waals surface area contributed by atoms with E-state index in [2.05, 4.69) is 52.2 Å². The van der Waals surface area contributed by atoms with E-state index in [0.717, 1.165) is 16.7 Å². The Morgan fingerprint density at radius 2 is 1.43 bits per heavy atom. The number of Topliss-reactive ketones (excluding diaryl/α,β-unsaturated/α-hetero) is 1. The topological polar surface area (TPSA) is 128 Å². The van der Waals surface area contributed by atoms with E-state index in [4.69, 9.17) is 14.6 Å². The fraction of sp³-hybridized carbons (Fsp3) is 0.543. The van der Waals surface area contributed by atoms with Crippen LogP contribution in [0.15, 0.2) is 58.0 Å². The molecule has 0 unspecified atom stereocenters. The molecule has 11 heteroatoms. The molecule has 0 aliphatic carbocycles. The van der Waals surface area contributed by atoms with Crippen molar-refractivity contribution in [3.05, 3.63) is 54.7 Å². The second-order valence-electron chi connectivity index (χ2n) is 14.0. The summed E-state index contributed by atoms with van der Waals surface area (Å²) in [6.45, 7) is 14.4. The van der Waals surface area contributed by atoms with E-state index < -0.39 is 0 Å². The standard InChI is InChI=1S/C18H22N2O2.C9H18N2.C8H5NO3.ClH/c1-18(2)15(12-3-6-20(18)7-4-12)10-16(21)14-9-13-5-8-22-17(13)19-11-14;1-9(2)8(10)7-3-5-11(9)6-4-7;10-5-12-7-3-6-1-2-11-8(6)9-4-7;/h5,8-9,11-12,15H,3-4,6-7,10H2,1-2H3;7-8H,3-6,10H2,1-2H3;1-5H;1H/t15-;8-;;/m11../s1. The third kappa shape index (κ3) is 6.72. The summed E-state index contributed by atoms with van der Waals surface area (Å²) >= 11 is 0. The Hall–Kier alpha value is -3.31. The van der Waals surface area contributed by atoms with Gasteiger partial charge in [-0.2, -0.15) is 0 Å². The van der Waals surface area contributed by atoms with Gasteiger partial charge in [-0.3, -0.25) is 19.4 Å². The summed E-state index contributed by atoms with van der Waals surface area (Å²) in [7, 11) is 0. The Kier molecular flexibility index (Phi) is 10.2. The van der Waals surface area contributed by atoms with Crippen molar-refractivity contribution >= 4 is 46.9 Å². The molecule has 10 rings (SSSR count). The molecule has 6 saturated heterocycles. The number of carbonyl (C=O) groups is 2. The van der Waals surface area contributed by atoms with Crippen LogP contribution in [0.25, 0.3) is 22.2 Å². The number of furan rings is 2. The molecule has 0 spiro atoms. The van der Waals surface area contributed by atoms with Crippen LogP contribution < -0.4 is 10.5 Å². The summed E-state index contributed by atoms with van der Waals surface area (Å²) in [5.41, 5.74) is 8.39. The van der Waals surface area contributed by atoms with Crippen molar-refractivity contribution in [2.75, 3.05) is 26.2 Å². The molecule has 0 saturated carbocycles. The molecule has 0 aromatic carbocycles. The molecule has 6 fully saturated rings. The third-order valence-corrected chi connectivity index (χ3v) is 11.0. The second kappa shape index (κ2) is 13.8. The van der Waals surface area contributed by atoms with Crippen molar-refractivity contribution in [2.24, 2.45) is 23.5 Å². The lowest BCUT2D eigenvalue weighted by atomic mass is 9.65. The van der Waals surface area contributed by atoms with Gasteiger partial charge in [0.2, 0.25) is 11.4 Å². The van der Waals surface area contributed by atoms with Crippen LogP contribution in [0.1, 0.15) is 70.2 Å². The average molecular weight is 652 g/mol. The Balaban J connectivity index is 0.000000147. The van der Waals surface area contributed by atoms with Crippen LogP contribution in [-0.2, 0) is 4.79 Å². The number of hydrogen-bond donors (Lipinski definition) is 1. The molecule has 0 radical (unpaired) electrons. The first-order valence-corrected chi connectivity index (χ1v) is 16.1. The minimum atomic E-state index is 0. The number of aromatic nitrogens is 2. The molecule has 2 N–H and O–H groups in total. The monoisotopic (exact) mass is 651 g/mol. The van der Waals surface area contributed by atoms with E-state index in [1.54, 1.807) is 24.6 Å². The summed E-state index contributed by atoms with van der Waals surface area (Å²) < 4.78 is 14.8. The van der Waals surface area contributed by atoms with Gasteiger partial charge < -0.3 is 19.3 Å². The van der Waals surface area contributed by atoms with Gasteiger partial charge in [0, 0.05) is 46.1 Å². The predicted molar refractivity (Wildman–Crippen MR) is 179 cm³/mol. The van der Waals surface area contributed by atoms with Gasteiger partial charge in [-0.05, 0) is 122 Å². The largest absolute Gasteiger partial charge is 0.446 e. The van der Waals surface area contributed by atoms with E-state index >= 15 is 0 Å². The molecule has 6 aliphatic heterocycles. The summed E-state index contributed by atoms with van der Waals surface area (Å²) in [5, 5.41) is 1.72. The average Bonchev–Trinajstić information content (AvgIpc) is 3.72. The molecule has 4 aromatic rings. The van der Waals surface area contributed by atoms with E-state index in [1.165, 1.54) is 64.3 Å². The summed E-state index contributed by atoms with van der Waals surface area (Å²) in [5.74, 6) is 2.56. The van der Waals surface area contributed by atoms with Crippen LogP contribution >= 0.6 is 12.4 Å². The van der Waals surface area contributed by atoms with Crippen LogP contribution in [0.3, 0.4) is 0 Å². The molecule has 0 amide bonds. The molecular weight excluding hydrogens is 606 g/mol. The van der Waals surface area contributed by atoms with Crippen LogP contribution in [-0.4, -0.2) is 75.3 Å². The van der Waals surface area contributed by atoms with Crippen molar-refractivity contribution in [3.8, 4) is 5.75 Å². The smallest absolute Gasteiger partial charge is 0.298 e. The zero-order valence-corrected chi connectivity index (χ0v) is 28.0. The van der Waals surface area contributed by atoms with Crippen molar-refractivity contribution < 1.29 is 23.2 Å². The SMILES string of the molecule is CC1(C)[C@H](CC(=O)c2cnc3occc3c2)C2CCN1CC2.CC1(C)[C@H](N)C2CCN1CC2.Cl.O=COc1cnc2occc2c1. The van der Waals surface area contributed by atoms with Gasteiger partial charge in [0.25, 0.3) is 6.47 Å². The number of piperidine rings is 6. The van der Waals surface area contributed by atoms with Crippen LogP contribution in [0, 0.1) is 17.8 Å². The lowest BCUT2D eigenvalue weighted by Crippen LogP contribution is -2.67. The summed E-state index contributed by atoms with van der Waals surface area (Å²) in [4.78, 5) is 36.0.